The minimum atomic E-state index is -0.390. The van der Waals surface area contributed by atoms with Gasteiger partial charge in [-0.05, 0) is 46.4 Å². The molecule has 0 aliphatic rings. The van der Waals surface area contributed by atoms with Crippen LogP contribution in [0.15, 0.2) is 60.7 Å². The lowest BCUT2D eigenvalue weighted by molar-refractivity contribution is 0.0596. The van der Waals surface area contributed by atoms with Crippen LogP contribution in [0.25, 0.3) is 10.8 Å². The molecule has 0 saturated heterocycles. The molecule has 0 radical (unpaired) electrons. The van der Waals surface area contributed by atoms with Crippen LogP contribution in [0, 0.1) is 0 Å². The number of ether oxygens (including phenoxy) is 2. The zero-order valence-electron chi connectivity index (χ0n) is 15.5. The summed E-state index contributed by atoms with van der Waals surface area (Å²) < 4.78 is 10.9. The monoisotopic (exact) mass is 348 g/mol. The molecule has 3 aromatic carbocycles. The molecule has 26 heavy (non-hydrogen) atoms. The summed E-state index contributed by atoms with van der Waals surface area (Å²) in [6, 6.07) is 20.1. The van der Waals surface area contributed by atoms with Crippen LogP contribution in [0.2, 0.25) is 0 Å². The van der Waals surface area contributed by atoms with Crippen molar-refractivity contribution in [2.45, 2.75) is 32.8 Å². The first kappa shape index (κ1) is 18.0. The van der Waals surface area contributed by atoms with Gasteiger partial charge in [-0.15, -0.1) is 0 Å². The number of benzene rings is 3. The molecule has 0 saturated carbocycles. The highest BCUT2D eigenvalue weighted by Crippen LogP contribution is 2.28. The minimum absolute atomic E-state index is 0.390. The lowest BCUT2D eigenvalue weighted by Gasteiger charge is -2.14. The Morgan fingerprint density at radius 1 is 1.00 bits per heavy atom. The molecule has 0 N–H and O–H groups in total. The highest BCUT2D eigenvalue weighted by atomic mass is 16.5. The predicted octanol–water partition coefficient (Wildman–Crippen LogP) is 5.72. The number of methoxy groups -OCH3 is 1. The average molecular weight is 348 g/mol. The minimum Gasteiger partial charge on any atom is -0.488 e. The molecule has 0 fully saturated rings. The van der Waals surface area contributed by atoms with Gasteiger partial charge in [0, 0.05) is 0 Å². The van der Waals surface area contributed by atoms with E-state index in [1.165, 1.54) is 12.7 Å². The number of rotatable bonds is 6. The fraction of sp³-hybridized carbons (Fsp3) is 0.261. The molecule has 1 unspecified atom stereocenters. The third-order valence-corrected chi connectivity index (χ3v) is 4.78. The molecule has 134 valence electrons. The number of hydrogen-bond acceptors (Lipinski definition) is 3. The van der Waals surface area contributed by atoms with Crippen LogP contribution in [0.5, 0.6) is 5.75 Å². The normalized spacial score (nSPS) is 12.0. The van der Waals surface area contributed by atoms with Gasteiger partial charge in [0.1, 0.15) is 17.9 Å². The molecule has 0 amide bonds. The Morgan fingerprint density at radius 2 is 1.73 bits per heavy atom. The van der Waals surface area contributed by atoms with Crippen molar-refractivity contribution < 1.29 is 14.3 Å². The Labute approximate surface area is 154 Å². The zero-order chi connectivity index (χ0) is 18.5. The third kappa shape index (κ3) is 3.88. The Bertz CT molecular complexity index is 914. The number of hydrogen-bond donors (Lipinski definition) is 0. The zero-order valence-corrected chi connectivity index (χ0v) is 15.5. The molecular weight excluding hydrogens is 324 g/mol. The van der Waals surface area contributed by atoms with E-state index in [1.54, 1.807) is 0 Å². The second-order valence-corrected chi connectivity index (χ2v) is 6.53. The van der Waals surface area contributed by atoms with Crippen LogP contribution in [0.3, 0.4) is 0 Å². The molecule has 3 aromatic rings. The molecular formula is C23H24O3. The smallest absolute Gasteiger partial charge is 0.341 e. The van der Waals surface area contributed by atoms with E-state index in [4.69, 9.17) is 9.47 Å². The van der Waals surface area contributed by atoms with Gasteiger partial charge in [0.05, 0.1) is 7.11 Å². The van der Waals surface area contributed by atoms with Crippen molar-refractivity contribution in [1.82, 2.24) is 0 Å². The Morgan fingerprint density at radius 3 is 2.42 bits per heavy atom. The standard InChI is InChI=1S/C23H24O3/c1-4-16(2)18-11-7-8-17(12-18)15-26-22-14-20-10-6-5-9-19(20)13-21(22)23(24)25-3/h5-14,16H,4,15H2,1-3H3. The van der Waals surface area contributed by atoms with Crippen molar-refractivity contribution in [2.24, 2.45) is 0 Å². The Kier molecular flexibility index (Phi) is 5.57. The number of carbonyl (C=O) groups excluding carboxylic acids is 1. The maximum atomic E-state index is 12.2. The van der Waals surface area contributed by atoms with Gasteiger partial charge < -0.3 is 9.47 Å². The number of carbonyl (C=O) groups is 1. The summed E-state index contributed by atoms with van der Waals surface area (Å²) in [6.45, 7) is 4.82. The first-order valence-corrected chi connectivity index (χ1v) is 8.95. The van der Waals surface area contributed by atoms with Crippen molar-refractivity contribution in [3.8, 4) is 5.75 Å². The van der Waals surface area contributed by atoms with Crippen molar-refractivity contribution in [2.75, 3.05) is 7.11 Å². The lowest BCUT2D eigenvalue weighted by atomic mass is 9.97. The van der Waals surface area contributed by atoms with Crippen LogP contribution in [0.1, 0.15) is 47.7 Å². The molecule has 3 heteroatoms. The van der Waals surface area contributed by atoms with E-state index in [0.29, 0.717) is 23.8 Å². The highest BCUT2D eigenvalue weighted by molar-refractivity contribution is 5.98. The molecule has 0 aliphatic carbocycles. The van der Waals surface area contributed by atoms with Gasteiger partial charge in [-0.1, -0.05) is 62.4 Å². The number of esters is 1. The van der Waals surface area contributed by atoms with Crippen LogP contribution in [0.4, 0.5) is 0 Å². The molecule has 0 heterocycles. The van der Waals surface area contributed by atoms with E-state index in [9.17, 15) is 4.79 Å². The average Bonchev–Trinajstić information content (AvgIpc) is 2.70. The van der Waals surface area contributed by atoms with Gasteiger partial charge in [-0.3, -0.25) is 0 Å². The second-order valence-electron chi connectivity index (χ2n) is 6.53. The summed E-state index contributed by atoms with van der Waals surface area (Å²) in [7, 11) is 1.39. The van der Waals surface area contributed by atoms with Crippen LogP contribution in [-0.4, -0.2) is 13.1 Å². The van der Waals surface area contributed by atoms with Crippen molar-refractivity contribution >= 4 is 16.7 Å². The van der Waals surface area contributed by atoms with Gasteiger partial charge in [0.2, 0.25) is 0 Å². The summed E-state index contributed by atoms with van der Waals surface area (Å²) in [5.41, 5.74) is 2.84. The van der Waals surface area contributed by atoms with E-state index in [2.05, 4.69) is 32.0 Å². The SMILES string of the molecule is CCC(C)c1cccc(COc2cc3ccccc3cc2C(=O)OC)c1. The van der Waals surface area contributed by atoms with Crippen LogP contribution in [-0.2, 0) is 11.3 Å². The maximum absolute atomic E-state index is 12.2. The largest absolute Gasteiger partial charge is 0.488 e. The third-order valence-electron chi connectivity index (χ3n) is 4.78. The topological polar surface area (TPSA) is 35.5 Å². The quantitative estimate of drug-likeness (QED) is 0.535. The Hall–Kier alpha value is -2.81. The van der Waals surface area contributed by atoms with Gasteiger partial charge in [0.15, 0.2) is 0 Å². The molecule has 0 aliphatic heterocycles. The molecule has 1 atom stereocenters. The fourth-order valence-corrected chi connectivity index (χ4v) is 2.99. The molecule has 3 rings (SSSR count). The van der Waals surface area contributed by atoms with Gasteiger partial charge in [0.25, 0.3) is 0 Å². The Balaban J connectivity index is 1.89. The van der Waals surface area contributed by atoms with E-state index < -0.39 is 0 Å². The van der Waals surface area contributed by atoms with E-state index in [-0.39, 0.29) is 5.97 Å². The van der Waals surface area contributed by atoms with Crippen LogP contribution < -0.4 is 4.74 Å². The van der Waals surface area contributed by atoms with Gasteiger partial charge >= 0.3 is 5.97 Å². The summed E-state index contributed by atoms with van der Waals surface area (Å²) in [5, 5.41) is 2.02. The summed E-state index contributed by atoms with van der Waals surface area (Å²) in [5.74, 6) is 0.671. The lowest BCUT2D eigenvalue weighted by Crippen LogP contribution is -2.06. The first-order valence-electron chi connectivity index (χ1n) is 8.95. The first-order chi connectivity index (χ1) is 12.6. The molecule has 0 spiro atoms. The summed E-state index contributed by atoms with van der Waals surface area (Å²) >= 11 is 0. The molecule has 3 nitrogen and oxygen atoms in total. The van der Waals surface area contributed by atoms with E-state index >= 15 is 0 Å². The summed E-state index contributed by atoms with van der Waals surface area (Å²) in [6.07, 6.45) is 1.10. The summed E-state index contributed by atoms with van der Waals surface area (Å²) in [4.78, 5) is 12.2. The van der Waals surface area contributed by atoms with Gasteiger partial charge in [-0.25, -0.2) is 4.79 Å². The second kappa shape index (κ2) is 8.05. The highest BCUT2D eigenvalue weighted by Gasteiger charge is 2.15. The fourth-order valence-electron chi connectivity index (χ4n) is 2.99. The van der Waals surface area contributed by atoms with E-state index in [0.717, 1.165) is 22.8 Å². The van der Waals surface area contributed by atoms with Crippen molar-refractivity contribution in [3.05, 3.63) is 77.4 Å². The van der Waals surface area contributed by atoms with Crippen molar-refractivity contribution in [3.63, 3.8) is 0 Å². The molecule has 0 aromatic heterocycles. The number of fused-ring (bicyclic) bond motifs is 1. The molecule has 0 bridgehead atoms. The van der Waals surface area contributed by atoms with Crippen LogP contribution >= 0.6 is 0 Å². The predicted molar refractivity (Wildman–Crippen MR) is 105 cm³/mol. The van der Waals surface area contributed by atoms with E-state index in [1.807, 2.05) is 42.5 Å². The van der Waals surface area contributed by atoms with Gasteiger partial charge in [-0.2, -0.15) is 0 Å². The van der Waals surface area contributed by atoms with Crippen molar-refractivity contribution in [1.29, 1.82) is 0 Å². The maximum Gasteiger partial charge on any atom is 0.341 e.